The van der Waals surface area contributed by atoms with Crippen LogP contribution in [0.5, 0.6) is 0 Å². The molecule has 1 aliphatic heterocycles. The number of benzene rings is 2. The first-order valence-electron chi connectivity index (χ1n) is 9.83. The molecule has 2 heterocycles. The van der Waals surface area contributed by atoms with Gasteiger partial charge in [-0.1, -0.05) is 42.5 Å². The summed E-state index contributed by atoms with van der Waals surface area (Å²) in [6.45, 7) is 8.50. The molecule has 0 bridgehead atoms. The summed E-state index contributed by atoms with van der Waals surface area (Å²) in [4.78, 5) is 5.01. The van der Waals surface area contributed by atoms with E-state index in [0.29, 0.717) is 0 Å². The second kappa shape index (κ2) is 8.53. The minimum atomic E-state index is -0.371. The van der Waals surface area contributed by atoms with Gasteiger partial charge in [0.25, 0.3) is 0 Å². The van der Waals surface area contributed by atoms with Gasteiger partial charge in [0.2, 0.25) is 0 Å². The highest BCUT2D eigenvalue weighted by molar-refractivity contribution is 7.17. The molecule has 1 saturated heterocycles. The minimum absolute atomic E-state index is 0.371. The average molecular weight is 381 g/mol. The summed E-state index contributed by atoms with van der Waals surface area (Å²) in [7, 11) is 0. The van der Waals surface area contributed by atoms with Gasteiger partial charge in [-0.15, -0.1) is 11.3 Å². The molecule has 0 amide bonds. The maximum atomic E-state index is 10.7. The first-order valence-corrected chi connectivity index (χ1v) is 10.7. The topological polar surface area (TPSA) is 26.7 Å². The van der Waals surface area contributed by atoms with Crippen LogP contribution in [0.15, 0.2) is 53.9 Å². The van der Waals surface area contributed by atoms with Crippen LogP contribution < -0.4 is 0 Å². The standard InChI is InChI=1S/C23H28N2OS/c1-18-7-8-20-21(17-27-23(20)15-18)22(26)9-10-24-11-13-25(14-12-24)16-19-5-3-2-4-6-19/h2-8,15,17,22,26H,9-14,16H2,1H3. The van der Waals surface area contributed by atoms with Gasteiger partial charge in [0.05, 0.1) is 6.10 Å². The summed E-state index contributed by atoms with van der Waals surface area (Å²) in [5.41, 5.74) is 3.76. The van der Waals surface area contributed by atoms with Crippen molar-refractivity contribution in [1.82, 2.24) is 9.80 Å². The molecule has 1 atom stereocenters. The molecule has 4 rings (SSSR count). The third-order valence-corrected chi connectivity index (χ3v) is 6.52. The summed E-state index contributed by atoms with van der Waals surface area (Å²) in [5.74, 6) is 0. The van der Waals surface area contributed by atoms with E-state index < -0.39 is 0 Å². The second-order valence-electron chi connectivity index (χ2n) is 7.60. The van der Waals surface area contributed by atoms with Crippen LogP contribution in [0.1, 0.15) is 29.2 Å². The Morgan fingerprint density at radius 1 is 1.00 bits per heavy atom. The van der Waals surface area contributed by atoms with Crippen LogP contribution in [-0.2, 0) is 6.54 Å². The van der Waals surface area contributed by atoms with E-state index in [1.165, 1.54) is 21.2 Å². The van der Waals surface area contributed by atoms with E-state index in [-0.39, 0.29) is 6.10 Å². The van der Waals surface area contributed by atoms with Crippen molar-refractivity contribution in [3.8, 4) is 0 Å². The van der Waals surface area contributed by atoms with Crippen molar-refractivity contribution in [2.45, 2.75) is 26.0 Å². The molecule has 0 spiro atoms. The molecule has 142 valence electrons. The third kappa shape index (κ3) is 4.58. The minimum Gasteiger partial charge on any atom is -0.388 e. The van der Waals surface area contributed by atoms with Crippen LogP contribution >= 0.6 is 11.3 Å². The molecule has 0 radical (unpaired) electrons. The number of aliphatic hydroxyl groups is 1. The number of aliphatic hydroxyl groups excluding tert-OH is 1. The Kier molecular flexibility index (Phi) is 5.89. The average Bonchev–Trinajstić information content (AvgIpc) is 3.11. The molecule has 1 unspecified atom stereocenters. The van der Waals surface area contributed by atoms with Crippen molar-refractivity contribution in [2.24, 2.45) is 0 Å². The van der Waals surface area contributed by atoms with Gasteiger partial charge >= 0.3 is 0 Å². The molecule has 1 aromatic heterocycles. The summed E-state index contributed by atoms with van der Waals surface area (Å²) in [5, 5.41) is 14.1. The molecule has 1 fully saturated rings. The van der Waals surface area contributed by atoms with Crippen LogP contribution in [0.2, 0.25) is 0 Å². The Balaban J connectivity index is 1.27. The van der Waals surface area contributed by atoms with Gasteiger partial charge in [0, 0.05) is 44.0 Å². The van der Waals surface area contributed by atoms with Crippen LogP contribution in [-0.4, -0.2) is 47.6 Å². The van der Waals surface area contributed by atoms with Crippen LogP contribution in [0.3, 0.4) is 0 Å². The van der Waals surface area contributed by atoms with Crippen LogP contribution in [0.25, 0.3) is 10.1 Å². The third-order valence-electron chi connectivity index (χ3n) is 5.55. The van der Waals surface area contributed by atoms with Gasteiger partial charge in [0.1, 0.15) is 0 Å². The van der Waals surface area contributed by atoms with Crippen molar-refractivity contribution >= 4 is 21.4 Å². The van der Waals surface area contributed by atoms with Crippen molar-refractivity contribution in [1.29, 1.82) is 0 Å². The van der Waals surface area contributed by atoms with Gasteiger partial charge in [-0.25, -0.2) is 0 Å². The lowest BCUT2D eigenvalue weighted by molar-refractivity contribution is 0.0999. The van der Waals surface area contributed by atoms with E-state index in [1.54, 1.807) is 11.3 Å². The Bertz CT molecular complexity index is 868. The van der Waals surface area contributed by atoms with E-state index in [2.05, 4.69) is 70.6 Å². The second-order valence-corrected chi connectivity index (χ2v) is 8.51. The number of piperazine rings is 1. The zero-order valence-corrected chi connectivity index (χ0v) is 16.8. The molecular formula is C23H28N2OS. The number of rotatable bonds is 6. The first kappa shape index (κ1) is 18.6. The van der Waals surface area contributed by atoms with Crippen molar-refractivity contribution in [2.75, 3.05) is 32.7 Å². The fourth-order valence-electron chi connectivity index (χ4n) is 3.89. The number of aryl methyl sites for hydroxylation is 1. The lowest BCUT2D eigenvalue weighted by Gasteiger charge is -2.35. The molecule has 0 saturated carbocycles. The smallest absolute Gasteiger partial charge is 0.0816 e. The summed E-state index contributed by atoms with van der Waals surface area (Å²) < 4.78 is 1.28. The number of hydrogen-bond donors (Lipinski definition) is 1. The Morgan fingerprint density at radius 2 is 1.74 bits per heavy atom. The monoisotopic (exact) mass is 380 g/mol. The Hall–Kier alpha value is -1.72. The van der Waals surface area contributed by atoms with Crippen molar-refractivity contribution in [3.05, 3.63) is 70.6 Å². The molecule has 3 nitrogen and oxygen atoms in total. The van der Waals surface area contributed by atoms with Gasteiger partial charge < -0.3 is 10.0 Å². The van der Waals surface area contributed by atoms with E-state index >= 15 is 0 Å². The predicted molar refractivity (Wildman–Crippen MR) is 114 cm³/mol. The Labute approximate surface area is 165 Å². The molecule has 0 aliphatic carbocycles. The summed E-state index contributed by atoms with van der Waals surface area (Å²) in [6.07, 6.45) is 0.432. The lowest BCUT2D eigenvalue weighted by Crippen LogP contribution is -2.46. The first-order chi connectivity index (χ1) is 13.2. The maximum absolute atomic E-state index is 10.7. The normalized spacial score (nSPS) is 17.4. The number of nitrogens with zero attached hydrogens (tertiary/aromatic N) is 2. The zero-order valence-electron chi connectivity index (χ0n) is 16.0. The van der Waals surface area contributed by atoms with E-state index in [9.17, 15) is 5.11 Å². The molecule has 3 aromatic rings. The quantitative estimate of drug-likeness (QED) is 0.684. The van der Waals surface area contributed by atoms with Gasteiger partial charge in [-0.3, -0.25) is 4.90 Å². The largest absolute Gasteiger partial charge is 0.388 e. The van der Waals surface area contributed by atoms with Crippen LogP contribution in [0.4, 0.5) is 0 Å². The van der Waals surface area contributed by atoms with Crippen LogP contribution in [0, 0.1) is 6.92 Å². The highest BCUT2D eigenvalue weighted by atomic mass is 32.1. The number of thiophene rings is 1. The number of fused-ring (bicyclic) bond motifs is 1. The zero-order chi connectivity index (χ0) is 18.6. The van der Waals surface area contributed by atoms with Gasteiger partial charge in [-0.2, -0.15) is 0 Å². The van der Waals surface area contributed by atoms with Gasteiger partial charge in [0.15, 0.2) is 0 Å². The molecule has 4 heteroatoms. The highest BCUT2D eigenvalue weighted by Crippen LogP contribution is 2.32. The molecule has 2 aromatic carbocycles. The summed E-state index contributed by atoms with van der Waals surface area (Å²) >= 11 is 1.74. The van der Waals surface area contributed by atoms with E-state index in [1.807, 2.05) is 0 Å². The number of hydrogen-bond acceptors (Lipinski definition) is 4. The highest BCUT2D eigenvalue weighted by Gasteiger charge is 2.19. The Morgan fingerprint density at radius 3 is 2.52 bits per heavy atom. The lowest BCUT2D eigenvalue weighted by atomic mass is 10.0. The fourth-order valence-corrected chi connectivity index (χ4v) is 4.99. The molecule has 1 N–H and O–H groups in total. The predicted octanol–water partition coefficient (Wildman–Crippen LogP) is 4.45. The molecule has 27 heavy (non-hydrogen) atoms. The van der Waals surface area contributed by atoms with Crippen molar-refractivity contribution < 1.29 is 5.11 Å². The SMILES string of the molecule is Cc1ccc2c(C(O)CCN3CCN(Cc4ccccc4)CC3)csc2c1. The molecular weight excluding hydrogens is 352 g/mol. The van der Waals surface area contributed by atoms with Gasteiger partial charge in [-0.05, 0) is 46.9 Å². The summed E-state index contributed by atoms with van der Waals surface area (Å²) in [6, 6.07) is 17.2. The maximum Gasteiger partial charge on any atom is 0.0816 e. The fraction of sp³-hybridized carbons (Fsp3) is 0.391. The molecule has 1 aliphatic rings. The van der Waals surface area contributed by atoms with E-state index in [0.717, 1.165) is 51.3 Å². The van der Waals surface area contributed by atoms with E-state index in [4.69, 9.17) is 0 Å². The van der Waals surface area contributed by atoms with Crippen molar-refractivity contribution in [3.63, 3.8) is 0 Å².